The number of carbonyl (C=O) groups excluding carboxylic acids is 1. The molecule has 0 saturated carbocycles. The van der Waals surface area contributed by atoms with Crippen LogP contribution in [0.4, 0.5) is 23.3 Å². The van der Waals surface area contributed by atoms with Gasteiger partial charge in [0, 0.05) is 19.2 Å². The van der Waals surface area contributed by atoms with Crippen LogP contribution in [-0.2, 0) is 14.6 Å². The first kappa shape index (κ1) is 32.2. The lowest BCUT2D eigenvalue weighted by Gasteiger charge is -2.33. The summed E-state index contributed by atoms with van der Waals surface area (Å²) in [7, 11) is -3.56. The molecule has 3 N–H and O–H groups in total. The zero-order valence-corrected chi connectivity index (χ0v) is 27.3. The Morgan fingerprint density at radius 3 is 2.51 bits per heavy atom. The molecule has 1 saturated heterocycles. The molecule has 12 nitrogen and oxygen atoms in total. The molecule has 0 aliphatic carbocycles. The van der Waals surface area contributed by atoms with Gasteiger partial charge in [-0.3, -0.25) is 4.79 Å². The summed E-state index contributed by atoms with van der Waals surface area (Å²) in [6.07, 6.45) is 3.39. The second-order valence-corrected chi connectivity index (χ2v) is 13.9. The molecule has 45 heavy (non-hydrogen) atoms. The first-order valence-electron chi connectivity index (χ1n) is 15.5. The number of fused-ring (bicyclic) bond motifs is 1. The Morgan fingerprint density at radius 1 is 1.04 bits per heavy atom. The van der Waals surface area contributed by atoms with Crippen LogP contribution in [-0.4, -0.2) is 76.8 Å². The molecular formula is C32H42N8O4S. The summed E-state index contributed by atoms with van der Waals surface area (Å²) in [5, 5.41) is 13.4. The smallest absolute Gasteiger partial charge is 0.236 e. The van der Waals surface area contributed by atoms with Crippen molar-refractivity contribution >= 4 is 44.7 Å². The predicted octanol–water partition coefficient (Wildman–Crippen LogP) is 4.82. The molecule has 1 aliphatic heterocycles. The van der Waals surface area contributed by atoms with Crippen LogP contribution in [0.2, 0.25) is 0 Å². The number of likely N-dealkylation sites (N-methyl/N-ethyl adjacent to an activating group) is 1. The Kier molecular flexibility index (Phi) is 9.88. The van der Waals surface area contributed by atoms with E-state index in [9.17, 15) is 13.2 Å². The van der Waals surface area contributed by atoms with E-state index in [2.05, 4.69) is 39.0 Å². The van der Waals surface area contributed by atoms with Crippen LogP contribution in [0.15, 0.2) is 53.6 Å². The average molecular weight is 635 g/mol. The molecule has 1 aliphatic rings. The minimum atomic E-state index is -3.56. The summed E-state index contributed by atoms with van der Waals surface area (Å²) in [5.74, 6) is 1.76. The molecule has 0 atom stereocenters. The fourth-order valence-corrected chi connectivity index (χ4v) is 6.78. The van der Waals surface area contributed by atoms with Crippen LogP contribution in [0.5, 0.6) is 5.75 Å². The maximum absolute atomic E-state index is 13.1. The van der Waals surface area contributed by atoms with E-state index in [0.29, 0.717) is 53.7 Å². The van der Waals surface area contributed by atoms with Crippen LogP contribution >= 0.6 is 0 Å². The number of piperidine rings is 1. The lowest BCUT2D eigenvalue weighted by atomic mass is 9.86. The van der Waals surface area contributed by atoms with Gasteiger partial charge in [-0.25, -0.2) is 8.42 Å². The number of hydrogen-bond acceptors (Lipinski definition) is 10. The number of amides is 1. The van der Waals surface area contributed by atoms with Gasteiger partial charge in [0.25, 0.3) is 0 Å². The average Bonchev–Trinajstić information content (AvgIpc) is 3.50. The van der Waals surface area contributed by atoms with Gasteiger partial charge in [0.05, 0.1) is 40.9 Å². The standard InChI is InChI=1S/C32H42N8O4S/c1-6-33-20-30(41)39-16-13-23(14-17-39)24-19-27(44-7-2)26(18-22(24)5)35-31-37-29-12-15-34-40(29)32(38-31)36-25-10-8-9-11-28(25)45(42,43)21(3)4/h8-12,15,18-19,21,23,33H,6-7,13-14,16-17,20H2,1-5H3,(H2,35,36,37,38). The monoisotopic (exact) mass is 634 g/mol. The number of aromatic nitrogens is 4. The van der Waals surface area contributed by atoms with Crippen molar-refractivity contribution in [1.29, 1.82) is 0 Å². The topological polar surface area (TPSA) is 143 Å². The van der Waals surface area contributed by atoms with Crippen molar-refractivity contribution < 1.29 is 17.9 Å². The number of anilines is 4. The summed E-state index contributed by atoms with van der Waals surface area (Å²) in [6.45, 7) is 12.4. The summed E-state index contributed by atoms with van der Waals surface area (Å²) >= 11 is 0. The summed E-state index contributed by atoms with van der Waals surface area (Å²) in [5.41, 5.74) is 3.96. The lowest BCUT2D eigenvalue weighted by Crippen LogP contribution is -2.42. The number of benzene rings is 2. The molecule has 0 spiro atoms. The molecule has 0 radical (unpaired) electrons. The van der Waals surface area contributed by atoms with Crippen molar-refractivity contribution in [3.05, 3.63) is 59.8 Å². The highest BCUT2D eigenvalue weighted by molar-refractivity contribution is 7.92. The van der Waals surface area contributed by atoms with Gasteiger partial charge >= 0.3 is 0 Å². The highest BCUT2D eigenvalue weighted by Crippen LogP contribution is 2.38. The maximum Gasteiger partial charge on any atom is 0.236 e. The van der Waals surface area contributed by atoms with Crippen LogP contribution in [0.3, 0.4) is 0 Å². The van der Waals surface area contributed by atoms with E-state index in [1.807, 2.05) is 24.8 Å². The van der Waals surface area contributed by atoms with Gasteiger partial charge in [-0.05, 0) is 88.4 Å². The van der Waals surface area contributed by atoms with E-state index < -0.39 is 15.1 Å². The molecule has 0 unspecified atom stereocenters. The number of carbonyl (C=O) groups is 1. The van der Waals surface area contributed by atoms with E-state index in [4.69, 9.17) is 9.72 Å². The third kappa shape index (κ3) is 7.04. The number of ether oxygens (including phenoxy) is 1. The van der Waals surface area contributed by atoms with Crippen LogP contribution in [0, 0.1) is 6.92 Å². The van der Waals surface area contributed by atoms with E-state index >= 15 is 0 Å². The van der Waals surface area contributed by atoms with E-state index in [-0.39, 0.29) is 10.8 Å². The molecule has 2 aromatic carbocycles. The van der Waals surface area contributed by atoms with Crippen molar-refractivity contribution in [2.45, 2.75) is 63.5 Å². The van der Waals surface area contributed by atoms with Crippen molar-refractivity contribution in [3.8, 4) is 5.75 Å². The number of nitrogens with one attached hydrogen (secondary N) is 3. The van der Waals surface area contributed by atoms with Crippen molar-refractivity contribution in [2.75, 3.05) is 43.4 Å². The SMILES string of the molecule is CCNCC(=O)N1CCC(c2cc(OCC)c(Nc3nc(Nc4ccccc4S(=O)(=O)C(C)C)n4nccc4n3)cc2C)CC1. The Hall–Kier alpha value is -4.23. The largest absolute Gasteiger partial charge is 0.492 e. The van der Waals surface area contributed by atoms with Gasteiger partial charge in [0.1, 0.15) is 5.75 Å². The molecule has 1 amide bonds. The summed E-state index contributed by atoms with van der Waals surface area (Å²) in [6, 6.07) is 12.6. The van der Waals surface area contributed by atoms with Crippen LogP contribution in [0.1, 0.15) is 57.6 Å². The molecule has 4 aromatic rings. The predicted molar refractivity (Wildman–Crippen MR) is 176 cm³/mol. The normalized spacial score (nSPS) is 14.2. The van der Waals surface area contributed by atoms with Crippen molar-refractivity contribution in [1.82, 2.24) is 29.8 Å². The highest BCUT2D eigenvalue weighted by Gasteiger charge is 2.26. The van der Waals surface area contributed by atoms with Gasteiger partial charge < -0.3 is 25.6 Å². The Bertz CT molecular complexity index is 1760. The third-order valence-electron chi connectivity index (χ3n) is 8.04. The van der Waals surface area contributed by atoms with E-state index in [1.54, 1.807) is 50.4 Å². The van der Waals surface area contributed by atoms with Crippen molar-refractivity contribution in [3.63, 3.8) is 0 Å². The Labute approximate surface area is 264 Å². The third-order valence-corrected chi connectivity index (χ3v) is 10.3. The van der Waals surface area contributed by atoms with E-state index in [1.165, 1.54) is 10.1 Å². The number of nitrogens with zero attached hydrogens (tertiary/aromatic N) is 5. The Balaban J connectivity index is 1.42. The maximum atomic E-state index is 13.1. The summed E-state index contributed by atoms with van der Waals surface area (Å²) in [4.78, 5) is 24.0. The number of sulfone groups is 1. The zero-order valence-electron chi connectivity index (χ0n) is 26.5. The van der Waals surface area contributed by atoms with Gasteiger partial charge in [0.2, 0.25) is 17.8 Å². The second kappa shape index (κ2) is 13.8. The minimum absolute atomic E-state index is 0.149. The van der Waals surface area contributed by atoms with Gasteiger partial charge in [-0.2, -0.15) is 19.6 Å². The fraction of sp³-hybridized carbons (Fsp3) is 0.438. The number of rotatable bonds is 12. The fourth-order valence-electron chi connectivity index (χ4n) is 5.57. The van der Waals surface area contributed by atoms with E-state index in [0.717, 1.165) is 38.0 Å². The van der Waals surface area contributed by atoms with Crippen LogP contribution in [0.25, 0.3) is 5.65 Å². The number of aryl methyl sites for hydroxylation is 1. The Morgan fingerprint density at radius 2 is 1.80 bits per heavy atom. The lowest BCUT2D eigenvalue weighted by molar-refractivity contribution is -0.131. The van der Waals surface area contributed by atoms with Gasteiger partial charge in [-0.15, -0.1) is 0 Å². The number of likely N-dealkylation sites (tertiary alicyclic amines) is 1. The molecule has 5 rings (SSSR count). The molecule has 2 aromatic heterocycles. The first-order chi connectivity index (χ1) is 21.6. The van der Waals surface area contributed by atoms with Gasteiger partial charge in [-0.1, -0.05) is 19.1 Å². The first-order valence-corrected chi connectivity index (χ1v) is 17.0. The molecule has 3 heterocycles. The number of para-hydroxylation sites is 1. The molecular weight excluding hydrogens is 592 g/mol. The molecule has 13 heteroatoms. The molecule has 1 fully saturated rings. The highest BCUT2D eigenvalue weighted by atomic mass is 32.2. The molecule has 240 valence electrons. The quantitative estimate of drug-likeness (QED) is 0.199. The minimum Gasteiger partial charge on any atom is -0.492 e. The van der Waals surface area contributed by atoms with Gasteiger partial charge in [0.15, 0.2) is 15.5 Å². The van der Waals surface area contributed by atoms with Crippen molar-refractivity contribution in [2.24, 2.45) is 0 Å². The zero-order chi connectivity index (χ0) is 32.1. The second-order valence-electron chi connectivity index (χ2n) is 11.4. The summed E-state index contributed by atoms with van der Waals surface area (Å²) < 4.78 is 33.8. The van der Waals surface area contributed by atoms with Crippen LogP contribution < -0.4 is 20.7 Å². The molecule has 0 bridgehead atoms. The number of hydrogen-bond donors (Lipinski definition) is 3.